The SMILES string of the molecule is CC(C)(C)c1cc(C(=O)N2CCSCC2)c(NC(=O)Nc2cccc3ccccc23)s1. The highest BCUT2D eigenvalue weighted by Crippen LogP contribution is 2.37. The predicted molar refractivity (Wildman–Crippen MR) is 133 cm³/mol. The van der Waals surface area contributed by atoms with E-state index in [9.17, 15) is 9.59 Å². The number of rotatable bonds is 3. The second-order valence-electron chi connectivity index (χ2n) is 8.61. The highest BCUT2D eigenvalue weighted by Gasteiger charge is 2.27. The van der Waals surface area contributed by atoms with Crippen LogP contribution in [0.2, 0.25) is 0 Å². The first kappa shape index (κ1) is 21.7. The molecule has 0 spiro atoms. The van der Waals surface area contributed by atoms with Gasteiger partial charge in [-0.15, -0.1) is 11.3 Å². The Bertz CT molecular complexity index is 1110. The van der Waals surface area contributed by atoms with Crippen LogP contribution < -0.4 is 10.6 Å². The molecule has 0 bridgehead atoms. The number of benzene rings is 2. The number of anilines is 2. The Morgan fingerprint density at radius 1 is 0.968 bits per heavy atom. The van der Waals surface area contributed by atoms with E-state index in [1.54, 1.807) is 0 Å². The number of thioether (sulfide) groups is 1. The van der Waals surface area contributed by atoms with E-state index < -0.39 is 0 Å². The maximum Gasteiger partial charge on any atom is 0.324 e. The van der Waals surface area contributed by atoms with E-state index >= 15 is 0 Å². The molecule has 1 aliphatic heterocycles. The summed E-state index contributed by atoms with van der Waals surface area (Å²) in [4.78, 5) is 29.1. The molecule has 2 heterocycles. The van der Waals surface area contributed by atoms with Gasteiger partial charge >= 0.3 is 6.03 Å². The first-order chi connectivity index (χ1) is 14.8. The van der Waals surface area contributed by atoms with Crippen molar-refractivity contribution in [2.75, 3.05) is 35.2 Å². The smallest absolute Gasteiger partial charge is 0.324 e. The topological polar surface area (TPSA) is 61.4 Å². The van der Waals surface area contributed by atoms with Crippen molar-refractivity contribution < 1.29 is 9.59 Å². The van der Waals surface area contributed by atoms with Crippen molar-refractivity contribution in [2.45, 2.75) is 26.2 Å². The zero-order chi connectivity index (χ0) is 22.0. The van der Waals surface area contributed by atoms with Gasteiger partial charge in [-0.2, -0.15) is 11.8 Å². The average molecular weight is 454 g/mol. The highest BCUT2D eigenvalue weighted by molar-refractivity contribution is 7.99. The molecule has 162 valence electrons. The lowest BCUT2D eigenvalue weighted by Crippen LogP contribution is -2.38. The number of nitrogens with zero attached hydrogens (tertiary/aromatic N) is 1. The first-order valence-electron chi connectivity index (χ1n) is 10.4. The van der Waals surface area contributed by atoms with Gasteiger partial charge < -0.3 is 10.2 Å². The first-order valence-corrected chi connectivity index (χ1v) is 12.4. The van der Waals surface area contributed by atoms with Crippen LogP contribution in [0.4, 0.5) is 15.5 Å². The van der Waals surface area contributed by atoms with Crippen LogP contribution in [0, 0.1) is 0 Å². The molecule has 2 N–H and O–H groups in total. The van der Waals surface area contributed by atoms with Crippen LogP contribution in [0.1, 0.15) is 36.0 Å². The van der Waals surface area contributed by atoms with Crippen LogP contribution >= 0.6 is 23.1 Å². The zero-order valence-corrected chi connectivity index (χ0v) is 19.7. The summed E-state index contributed by atoms with van der Waals surface area (Å²) in [5.41, 5.74) is 1.21. The minimum absolute atomic E-state index is 0.00693. The Kier molecular flexibility index (Phi) is 6.25. The number of hydrogen-bond donors (Lipinski definition) is 2. The number of fused-ring (bicyclic) bond motifs is 1. The molecular formula is C24H27N3O2S2. The number of urea groups is 1. The monoisotopic (exact) mass is 453 g/mol. The third-order valence-corrected chi connectivity index (χ3v) is 7.68. The van der Waals surface area contributed by atoms with Crippen molar-refractivity contribution in [3.63, 3.8) is 0 Å². The van der Waals surface area contributed by atoms with E-state index in [1.165, 1.54) is 11.3 Å². The van der Waals surface area contributed by atoms with Crippen LogP contribution in [-0.2, 0) is 5.41 Å². The minimum Gasteiger partial charge on any atom is -0.337 e. The number of carbonyl (C=O) groups excluding carboxylic acids is 2. The third kappa shape index (κ3) is 4.88. The average Bonchev–Trinajstić information content (AvgIpc) is 3.18. The van der Waals surface area contributed by atoms with E-state index in [-0.39, 0.29) is 17.4 Å². The summed E-state index contributed by atoms with van der Waals surface area (Å²) in [6.45, 7) is 7.83. The van der Waals surface area contributed by atoms with Gasteiger partial charge in [-0.3, -0.25) is 10.1 Å². The fraction of sp³-hybridized carbons (Fsp3) is 0.333. The molecule has 3 aromatic rings. The maximum absolute atomic E-state index is 13.2. The second-order valence-corrected chi connectivity index (χ2v) is 10.9. The number of carbonyl (C=O) groups is 2. The summed E-state index contributed by atoms with van der Waals surface area (Å²) >= 11 is 3.34. The molecule has 1 aromatic heterocycles. The lowest BCUT2D eigenvalue weighted by atomic mass is 9.94. The molecule has 3 amide bonds. The van der Waals surface area contributed by atoms with Gasteiger partial charge in [-0.1, -0.05) is 57.2 Å². The molecule has 1 aliphatic rings. The van der Waals surface area contributed by atoms with Crippen molar-refractivity contribution in [1.82, 2.24) is 4.90 Å². The van der Waals surface area contributed by atoms with E-state index in [0.29, 0.717) is 10.6 Å². The van der Waals surface area contributed by atoms with Crippen LogP contribution in [0.5, 0.6) is 0 Å². The molecule has 0 radical (unpaired) electrons. The lowest BCUT2D eigenvalue weighted by molar-refractivity contribution is 0.0773. The van der Waals surface area contributed by atoms with Crippen molar-refractivity contribution in [3.05, 3.63) is 59.0 Å². The normalized spacial score (nSPS) is 14.5. The van der Waals surface area contributed by atoms with E-state index in [4.69, 9.17) is 0 Å². The number of nitrogens with one attached hydrogen (secondary N) is 2. The quantitative estimate of drug-likeness (QED) is 0.509. The summed E-state index contributed by atoms with van der Waals surface area (Å²) < 4.78 is 0. The van der Waals surface area contributed by atoms with Gasteiger partial charge in [0.2, 0.25) is 0 Å². The molecule has 2 aromatic carbocycles. The standard InChI is InChI=1S/C24H27N3O2S2/c1-24(2,3)20-15-18(22(28)27-11-13-30-14-12-27)21(31-20)26-23(29)25-19-10-6-8-16-7-4-5-9-17(16)19/h4-10,15H,11-14H2,1-3H3,(H2,25,26,29). The van der Waals surface area contributed by atoms with Crippen molar-refractivity contribution >= 4 is 56.5 Å². The second kappa shape index (κ2) is 8.93. The molecule has 0 saturated carbocycles. The van der Waals surface area contributed by atoms with Crippen molar-refractivity contribution in [2.24, 2.45) is 0 Å². The Hall–Kier alpha value is -2.51. The molecule has 7 heteroatoms. The van der Waals surface area contributed by atoms with Gasteiger partial charge in [0.1, 0.15) is 5.00 Å². The maximum atomic E-state index is 13.2. The summed E-state index contributed by atoms with van der Waals surface area (Å²) in [6, 6.07) is 15.3. The van der Waals surface area contributed by atoms with Crippen LogP contribution in [0.15, 0.2) is 48.5 Å². The van der Waals surface area contributed by atoms with Gasteiger partial charge in [-0.05, 0) is 22.9 Å². The van der Waals surface area contributed by atoms with Gasteiger partial charge in [0.15, 0.2) is 0 Å². The molecule has 0 atom stereocenters. The highest BCUT2D eigenvalue weighted by atomic mass is 32.2. The summed E-state index contributed by atoms with van der Waals surface area (Å²) in [7, 11) is 0. The summed E-state index contributed by atoms with van der Waals surface area (Å²) in [5, 5.41) is 8.55. The molecule has 31 heavy (non-hydrogen) atoms. The molecule has 5 nitrogen and oxygen atoms in total. The van der Waals surface area contributed by atoms with Crippen LogP contribution in [0.25, 0.3) is 10.8 Å². The Morgan fingerprint density at radius 2 is 1.68 bits per heavy atom. The number of hydrogen-bond acceptors (Lipinski definition) is 4. The predicted octanol–water partition coefficient (Wildman–Crippen LogP) is 6.03. The fourth-order valence-corrected chi connectivity index (χ4v) is 5.55. The molecular weight excluding hydrogens is 426 g/mol. The van der Waals surface area contributed by atoms with Crippen LogP contribution in [0.3, 0.4) is 0 Å². The largest absolute Gasteiger partial charge is 0.337 e. The molecule has 1 saturated heterocycles. The molecule has 0 unspecified atom stereocenters. The Morgan fingerprint density at radius 3 is 2.42 bits per heavy atom. The van der Waals surface area contributed by atoms with Gasteiger partial charge in [0, 0.05) is 34.9 Å². The van der Waals surface area contributed by atoms with E-state index in [1.807, 2.05) is 65.2 Å². The third-order valence-electron chi connectivity index (χ3n) is 5.26. The van der Waals surface area contributed by atoms with Gasteiger partial charge in [0.25, 0.3) is 5.91 Å². The van der Waals surface area contributed by atoms with Crippen molar-refractivity contribution in [1.29, 1.82) is 0 Å². The zero-order valence-electron chi connectivity index (χ0n) is 18.0. The van der Waals surface area contributed by atoms with Gasteiger partial charge in [0.05, 0.1) is 11.3 Å². The summed E-state index contributed by atoms with van der Waals surface area (Å²) in [5.74, 6) is 1.89. The summed E-state index contributed by atoms with van der Waals surface area (Å²) in [6.07, 6.45) is 0. The molecule has 4 rings (SSSR count). The fourth-order valence-electron chi connectivity index (χ4n) is 3.54. The van der Waals surface area contributed by atoms with Crippen LogP contribution in [-0.4, -0.2) is 41.4 Å². The van der Waals surface area contributed by atoms with Crippen molar-refractivity contribution in [3.8, 4) is 0 Å². The molecule has 0 aliphatic carbocycles. The lowest BCUT2D eigenvalue weighted by Gasteiger charge is -2.26. The Labute approximate surface area is 191 Å². The molecule has 1 fully saturated rings. The minimum atomic E-state index is -0.345. The number of thiophene rings is 1. The van der Waals surface area contributed by atoms with E-state index in [0.717, 1.165) is 45.9 Å². The van der Waals surface area contributed by atoms with Gasteiger partial charge in [-0.25, -0.2) is 4.79 Å². The Balaban J connectivity index is 1.59. The van der Waals surface area contributed by atoms with E-state index in [2.05, 4.69) is 31.4 Å². The number of amides is 3.